The second kappa shape index (κ2) is 9.11. The van der Waals surface area contributed by atoms with E-state index in [4.69, 9.17) is 11.6 Å². The van der Waals surface area contributed by atoms with Crippen molar-refractivity contribution in [1.29, 1.82) is 0 Å². The summed E-state index contributed by atoms with van der Waals surface area (Å²) in [6, 6.07) is 13.8. The standard InChI is InChI=1S/C19H22ClN3OS/c20-17-6-4-16(5-7-17)15-25-14-8-19(24)23-12-10-22(11-13-23)18-3-1-2-9-21-18/h1-7,9H,8,10-15H2. The molecule has 3 rings (SSSR count). The second-order valence-corrected chi connectivity index (χ2v) is 7.53. The Kier molecular flexibility index (Phi) is 6.59. The molecule has 2 aromatic rings. The summed E-state index contributed by atoms with van der Waals surface area (Å²) in [7, 11) is 0. The van der Waals surface area contributed by atoms with Gasteiger partial charge in [-0.1, -0.05) is 29.8 Å². The van der Waals surface area contributed by atoms with E-state index in [1.54, 1.807) is 11.8 Å². The Labute approximate surface area is 158 Å². The Morgan fingerprint density at radius 3 is 2.52 bits per heavy atom. The first-order valence-electron chi connectivity index (χ1n) is 8.48. The van der Waals surface area contributed by atoms with E-state index in [0.717, 1.165) is 48.5 Å². The van der Waals surface area contributed by atoms with E-state index in [0.29, 0.717) is 6.42 Å². The monoisotopic (exact) mass is 375 g/mol. The lowest BCUT2D eigenvalue weighted by Gasteiger charge is -2.35. The topological polar surface area (TPSA) is 36.4 Å². The van der Waals surface area contributed by atoms with E-state index in [2.05, 4.69) is 9.88 Å². The van der Waals surface area contributed by atoms with Crippen molar-refractivity contribution in [2.24, 2.45) is 0 Å². The molecule has 0 radical (unpaired) electrons. The number of carbonyl (C=O) groups is 1. The first-order valence-corrected chi connectivity index (χ1v) is 10.0. The summed E-state index contributed by atoms with van der Waals surface area (Å²) in [5, 5.41) is 0.758. The fourth-order valence-corrected chi connectivity index (χ4v) is 3.83. The zero-order chi connectivity index (χ0) is 17.5. The molecule has 1 fully saturated rings. The summed E-state index contributed by atoms with van der Waals surface area (Å²) < 4.78 is 0. The SMILES string of the molecule is O=C(CCSCc1ccc(Cl)cc1)N1CCN(c2ccccn2)CC1. The van der Waals surface area contributed by atoms with Gasteiger partial charge >= 0.3 is 0 Å². The molecule has 25 heavy (non-hydrogen) atoms. The molecule has 0 atom stereocenters. The average Bonchev–Trinajstić information content (AvgIpc) is 2.67. The molecule has 1 aromatic carbocycles. The van der Waals surface area contributed by atoms with Gasteiger partial charge in [0.15, 0.2) is 0 Å². The molecular formula is C19H22ClN3OS. The Bertz CT molecular complexity index is 673. The van der Waals surface area contributed by atoms with Crippen molar-refractivity contribution in [2.45, 2.75) is 12.2 Å². The van der Waals surface area contributed by atoms with Gasteiger partial charge in [-0.05, 0) is 29.8 Å². The minimum Gasteiger partial charge on any atom is -0.353 e. The average molecular weight is 376 g/mol. The van der Waals surface area contributed by atoms with Gasteiger partial charge in [0.25, 0.3) is 0 Å². The van der Waals surface area contributed by atoms with Crippen LogP contribution < -0.4 is 4.90 Å². The molecule has 0 bridgehead atoms. The van der Waals surface area contributed by atoms with Crippen LogP contribution in [-0.2, 0) is 10.5 Å². The zero-order valence-corrected chi connectivity index (χ0v) is 15.7. The fourth-order valence-electron chi connectivity index (χ4n) is 2.81. The third-order valence-electron chi connectivity index (χ3n) is 4.25. The van der Waals surface area contributed by atoms with E-state index in [1.165, 1.54) is 5.56 Å². The molecule has 132 valence electrons. The van der Waals surface area contributed by atoms with Crippen molar-refractivity contribution in [3.63, 3.8) is 0 Å². The maximum atomic E-state index is 12.4. The van der Waals surface area contributed by atoms with Gasteiger partial charge in [0.1, 0.15) is 5.82 Å². The molecule has 4 nitrogen and oxygen atoms in total. The molecule has 1 aliphatic heterocycles. The highest BCUT2D eigenvalue weighted by Gasteiger charge is 2.21. The first-order chi connectivity index (χ1) is 12.2. The van der Waals surface area contributed by atoms with Gasteiger partial charge in [-0.2, -0.15) is 11.8 Å². The van der Waals surface area contributed by atoms with Gasteiger partial charge in [0, 0.05) is 55.3 Å². The number of rotatable bonds is 6. The maximum absolute atomic E-state index is 12.4. The van der Waals surface area contributed by atoms with Gasteiger partial charge in [0.05, 0.1) is 0 Å². The first kappa shape index (κ1) is 18.1. The maximum Gasteiger partial charge on any atom is 0.223 e. The highest BCUT2D eigenvalue weighted by Crippen LogP contribution is 2.17. The van der Waals surface area contributed by atoms with Crippen LogP contribution in [0, 0.1) is 0 Å². The van der Waals surface area contributed by atoms with E-state index in [1.807, 2.05) is 53.6 Å². The number of carbonyl (C=O) groups excluding carboxylic acids is 1. The van der Waals surface area contributed by atoms with Gasteiger partial charge in [0.2, 0.25) is 5.91 Å². The predicted molar refractivity (Wildman–Crippen MR) is 105 cm³/mol. The zero-order valence-electron chi connectivity index (χ0n) is 14.1. The van der Waals surface area contributed by atoms with Gasteiger partial charge in [-0.3, -0.25) is 4.79 Å². The van der Waals surface area contributed by atoms with Gasteiger partial charge < -0.3 is 9.80 Å². The molecule has 6 heteroatoms. The summed E-state index contributed by atoms with van der Waals surface area (Å²) in [6.07, 6.45) is 2.41. The molecule has 0 spiro atoms. The number of halogens is 1. The number of nitrogens with zero attached hydrogens (tertiary/aromatic N) is 3. The number of pyridine rings is 1. The van der Waals surface area contributed by atoms with Gasteiger partial charge in [-0.15, -0.1) is 0 Å². The van der Waals surface area contributed by atoms with E-state index >= 15 is 0 Å². The van der Waals surface area contributed by atoms with Crippen molar-refractivity contribution in [3.05, 3.63) is 59.2 Å². The highest BCUT2D eigenvalue weighted by molar-refractivity contribution is 7.98. The molecule has 0 N–H and O–H groups in total. The molecule has 0 aliphatic carbocycles. The Morgan fingerprint density at radius 2 is 1.84 bits per heavy atom. The third kappa shape index (κ3) is 5.38. The van der Waals surface area contributed by atoms with Crippen LogP contribution in [0.1, 0.15) is 12.0 Å². The quantitative estimate of drug-likeness (QED) is 0.721. The van der Waals surface area contributed by atoms with Crippen LogP contribution in [0.4, 0.5) is 5.82 Å². The molecule has 1 amide bonds. The summed E-state index contributed by atoms with van der Waals surface area (Å²) in [6.45, 7) is 3.25. The van der Waals surface area contributed by atoms with Gasteiger partial charge in [-0.25, -0.2) is 4.98 Å². The minimum absolute atomic E-state index is 0.254. The third-order valence-corrected chi connectivity index (χ3v) is 5.53. The predicted octanol–water partition coefficient (Wildman–Crippen LogP) is 3.71. The molecule has 2 heterocycles. The number of thioether (sulfide) groups is 1. The highest BCUT2D eigenvalue weighted by atomic mass is 35.5. The number of benzene rings is 1. The Hall–Kier alpha value is -1.72. The van der Waals surface area contributed by atoms with Crippen LogP contribution in [-0.4, -0.2) is 47.7 Å². The second-order valence-electron chi connectivity index (χ2n) is 5.98. The van der Waals surface area contributed by atoms with Crippen molar-refractivity contribution in [1.82, 2.24) is 9.88 Å². The number of aromatic nitrogens is 1. The molecule has 1 aromatic heterocycles. The summed E-state index contributed by atoms with van der Waals surface area (Å²) in [5.74, 6) is 3.01. The van der Waals surface area contributed by atoms with Crippen LogP contribution in [0.15, 0.2) is 48.7 Å². The minimum atomic E-state index is 0.254. The number of amides is 1. The molecule has 0 unspecified atom stereocenters. The molecule has 1 saturated heterocycles. The van der Waals surface area contributed by atoms with Crippen LogP contribution in [0.2, 0.25) is 5.02 Å². The number of hydrogen-bond acceptors (Lipinski definition) is 4. The van der Waals surface area contributed by atoms with E-state index < -0.39 is 0 Å². The van der Waals surface area contributed by atoms with Crippen molar-refractivity contribution < 1.29 is 4.79 Å². The van der Waals surface area contributed by atoms with Crippen LogP contribution in [0.3, 0.4) is 0 Å². The van der Waals surface area contributed by atoms with Crippen LogP contribution in [0.5, 0.6) is 0 Å². The van der Waals surface area contributed by atoms with Crippen molar-refractivity contribution >= 4 is 35.1 Å². The lowest BCUT2D eigenvalue weighted by atomic mass is 10.2. The Morgan fingerprint density at radius 1 is 1.08 bits per heavy atom. The lowest BCUT2D eigenvalue weighted by Crippen LogP contribution is -2.49. The number of piperazine rings is 1. The van der Waals surface area contributed by atoms with Crippen LogP contribution in [0.25, 0.3) is 0 Å². The number of anilines is 1. The van der Waals surface area contributed by atoms with E-state index in [-0.39, 0.29) is 5.91 Å². The summed E-state index contributed by atoms with van der Waals surface area (Å²) in [4.78, 5) is 20.9. The van der Waals surface area contributed by atoms with Crippen molar-refractivity contribution in [3.8, 4) is 0 Å². The smallest absolute Gasteiger partial charge is 0.223 e. The molecular weight excluding hydrogens is 354 g/mol. The Balaban J connectivity index is 1.36. The van der Waals surface area contributed by atoms with Crippen LogP contribution >= 0.6 is 23.4 Å². The molecule has 1 aliphatic rings. The lowest BCUT2D eigenvalue weighted by molar-refractivity contribution is -0.131. The summed E-state index contributed by atoms with van der Waals surface area (Å²) in [5.41, 5.74) is 1.24. The fraction of sp³-hybridized carbons (Fsp3) is 0.368. The largest absolute Gasteiger partial charge is 0.353 e. The number of hydrogen-bond donors (Lipinski definition) is 0. The normalized spacial score (nSPS) is 14.6. The summed E-state index contributed by atoms with van der Waals surface area (Å²) >= 11 is 7.68. The van der Waals surface area contributed by atoms with Crippen molar-refractivity contribution in [2.75, 3.05) is 36.8 Å². The molecule has 0 saturated carbocycles. The van der Waals surface area contributed by atoms with E-state index in [9.17, 15) is 4.79 Å².